The number of cyclic esters (lactones) is 1. The molecule has 7 heteroatoms. The molecule has 7 nitrogen and oxygen atoms in total. The van der Waals surface area contributed by atoms with Crippen molar-refractivity contribution in [3.8, 4) is 0 Å². The summed E-state index contributed by atoms with van der Waals surface area (Å²) in [4.78, 5) is 30.6. The Bertz CT molecular complexity index is 1040. The fraction of sp³-hybridized carbons (Fsp3) is 0.250. The van der Waals surface area contributed by atoms with Crippen LogP contribution in [0.2, 0.25) is 0 Å². The van der Waals surface area contributed by atoms with E-state index in [0.29, 0.717) is 30.5 Å². The summed E-state index contributed by atoms with van der Waals surface area (Å²) in [6.07, 6.45) is 3.85. The van der Waals surface area contributed by atoms with Gasteiger partial charge in [0.2, 0.25) is 0 Å². The third-order valence-corrected chi connectivity index (χ3v) is 4.93. The summed E-state index contributed by atoms with van der Waals surface area (Å²) in [7, 11) is 0. The molecule has 3 aromatic rings. The third kappa shape index (κ3) is 2.81. The van der Waals surface area contributed by atoms with E-state index in [2.05, 4.69) is 10.3 Å². The summed E-state index contributed by atoms with van der Waals surface area (Å²) in [6.45, 7) is 0.934. The Labute approximate surface area is 155 Å². The number of pyridine rings is 1. The van der Waals surface area contributed by atoms with E-state index >= 15 is 0 Å². The largest absolute Gasteiger partial charge is 0.447 e. The number of benzene rings is 1. The summed E-state index contributed by atoms with van der Waals surface area (Å²) in [5.74, 6) is 1.17. The molecule has 2 amide bonds. The number of amides is 2. The first-order valence-corrected chi connectivity index (χ1v) is 9.03. The zero-order valence-corrected chi connectivity index (χ0v) is 14.6. The minimum absolute atomic E-state index is 0.237. The first-order chi connectivity index (χ1) is 13.2. The van der Waals surface area contributed by atoms with Crippen LogP contribution in [0.3, 0.4) is 0 Å². The Balaban J connectivity index is 1.39. The van der Waals surface area contributed by atoms with Crippen molar-refractivity contribution in [1.29, 1.82) is 0 Å². The van der Waals surface area contributed by atoms with Gasteiger partial charge in [-0.2, -0.15) is 0 Å². The maximum atomic E-state index is 12.8. The Hall–Kier alpha value is -3.35. The number of carbonyl (C=O) groups is 2. The SMILES string of the molecule is O=C(Nc1ccc(N2CCOC2=O)cc1)c1nc(C2CC2)n2ccccc12. The van der Waals surface area contributed by atoms with Gasteiger partial charge in [0.1, 0.15) is 12.4 Å². The Morgan fingerprint density at radius 1 is 1.15 bits per heavy atom. The molecule has 1 aliphatic heterocycles. The van der Waals surface area contributed by atoms with E-state index < -0.39 is 0 Å². The summed E-state index contributed by atoms with van der Waals surface area (Å²) >= 11 is 0. The van der Waals surface area contributed by atoms with Crippen molar-refractivity contribution in [2.75, 3.05) is 23.4 Å². The molecule has 5 rings (SSSR count). The van der Waals surface area contributed by atoms with Crippen LogP contribution < -0.4 is 10.2 Å². The van der Waals surface area contributed by atoms with Gasteiger partial charge in [0, 0.05) is 23.5 Å². The van der Waals surface area contributed by atoms with Crippen molar-refractivity contribution >= 4 is 28.9 Å². The number of aromatic nitrogens is 2. The van der Waals surface area contributed by atoms with Gasteiger partial charge in [0.15, 0.2) is 5.69 Å². The molecule has 0 radical (unpaired) electrons. The molecule has 136 valence electrons. The molecule has 1 aromatic carbocycles. The molecule has 0 unspecified atom stereocenters. The number of rotatable bonds is 4. The highest BCUT2D eigenvalue weighted by Gasteiger charge is 2.30. The Kier molecular flexibility index (Phi) is 3.60. The molecule has 1 aliphatic carbocycles. The summed E-state index contributed by atoms with van der Waals surface area (Å²) < 4.78 is 6.96. The molecular formula is C20H18N4O3. The highest BCUT2D eigenvalue weighted by atomic mass is 16.6. The van der Waals surface area contributed by atoms with Crippen molar-refractivity contribution < 1.29 is 14.3 Å². The summed E-state index contributed by atoms with van der Waals surface area (Å²) in [6, 6.07) is 12.9. The molecule has 1 saturated carbocycles. The van der Waals surface area contributed by atoms with Gasteiger partial charge in [-0.15, -0.1) is 0 Å². The summed E-state index contributed by atoms with van der Waals surface area (Å²) in [5.41, 5.74) is 2.65. The van der Waals surface area contributed by atoms with Crippen molar-refractivity contribution in [2.24, 2.45) is 0 Å². The molecule has 0 bridgehead atoms. The minimum atomic E-state index is -0.344. The van der Waals surface area contributed by atoms with Crippen molar-refractivity contribution in [3.63, 3.8) is 0 Å². The van der Waals surface area contributed by atoms with Crippen LogP contribution in [0.15, 0.2) is 48.7 Å². The Morgan fingerprint density at radius 3 is 2.67 bits per heavy atom. The molecular weight excluding hydrogens is 344 g/mol. The van der Waals surface area contributed by atoms with Gasteiger partial charge in [-0.1, -0.05) is 6.07 Å². The quantitative estimate of drug-likeness (QED) is 0.772. The first-order valence-electron chi connectivity index (χ1n) is 9.03. The van der Waals surface area contributed by atoms with Crippen LogP contribution in [0.4, 0.5) is 16.2 Å². The number of carbonyl (C=O) groups excluding carboxylic acids is 2. The average molecular weight is 362 g/mol. The van der Waals surface area contributed by atoms with Crippen molar-refractivity contribution in [1.82, 2.24) is 9.38 Å². The second kappa shape index (κ2) is 6.12. The van der Waals surface area contributed by atoms with E-state index in [9.17, 15) is 9.59 Å². The maximum Gasteiger partial charge on any atom is 0.414 e. The molecule has 1 N–H and O–H groups in total. The van der Waals surface area contributed by atoms with Crippen molar-refractivity contribution in [3.05, 3.63) is 60.2 Å². The molecule has 1 saturated heterocycles. The maximum absolute atomic E-state index is 12.8. The topological polar surface area (TPSA) is 75.9 Å². The molecule has 0 atom stereocenters. The van der Waals surface area contributed by atoms with Crippen LogP contribution in [0, 0.1) is 0 Å². The lowest BCUT2D eigenvalue weighted by molar-refractivity contribution is 0.102. The smallest absolute Gasteiger partial charge is 0.414 e. The van der Waals surface area contributed by atoms with E-state index in [1.165, 1.54) is 0 Å². The number of imidazole rings is 1. The molecule has 27 heavy (non-hydrogen) atoms. The highest BCUT2D eigenvalue weighted by molar-refractivity contribution is 6.07. The standard InChI is InChI=1S/C20H18N4O3/c25-19(17-16-3-1-2-10-24(16)18(22-17)13-4-5-13)21-14-6-8-15(9-7-14)23-11-12-27-20(23)26/h1-3,6-10,13H,4-5,11-12H2,(H,21,25). The third-order valence-electron chi connectivity index (χ3n) is 4.93. The van der Waals surface area contributed by atoms with E-state index in [4.69, 9.17) is 4.74 Å². The number of nitrogens with one attached hydrogen (secondary N) is 1. The zero-order valence-electron chi connectivity index (χ0n) is 14.6. The van der Waals surface area contributed by atoms with Gasteiger partial charge in [-0.05, 0) is 49.2 Å². The van der Waals surface area contributed by atoms with Crippen LogP contribution in [0.1, 0.15) is 35.1 Å². The minimum Gasteiger partial charge on any atom is -0.447 e. The van der Waals surface area contributed by atoms with Gasteiger partial charge in [-0.3, -0.25) is 9.69 Å². The predicted octanol–water partition coefficient (Wildman–Crippen LogP) is 3.42. The lowest BCUT2D eigenvalue weighted by Crippen LogP contribution is -2.23. The molecule has 2 aliphatic rings. The van der Waals surface area contributed by atoms with Gasteiger partial charge >= 0.3 is 6.09 Å². The average Bonchev–Trinajstić information content (AvgIpc) is 3.32. The second-order valence-electron chi connectivity index (χ2n) is 6.82. The van der Waals surface area contributed by atoms with E-state index in [-0.39, 0.29) is 12.0 Å². The second-order valence-corrected chi connectivity index (χ2v) is 6.82. The van der Waals surface area contributed by atoms with Gasteiger partial charge in [0.25, 0.3) is 5.91 Å². The van der Waals surface area contributed by atoms with E-state index in [1.54, 1.807) is 29.2 Å². The Morgan fingerprint density at radius 2 is 1.96 bits per heavy atom. The van der Waals surface area contributed by atoms with Crippen LogP contribution in [0.5, 0.6) is 0 Å². The highest BCUT2D eigenvalue weighted by Crippen LogP contribution is 2.40. The molecule has 0 spiro atoms. The molecule has 3 heterocycles. The number of anilines is 2. The lowest BCUT2D eigenvalue weighted by atomic mass is 10.2. The number of nitrogens with zero attached hydrogens (tertiary/aromatic N) is 3. The molecule has 2 aromatic heterocycles. The van der Waals surface area contributed by atoms with E-state index in [1.807, 2.05) is 28.8 Å². The first kappa shape index (κ1) is 15.9. The van der Waals surface area contributed by atoms with Crippen molar-refractivity contribution in [2.45, 2.75) is 18.8 Å². The van der Waals surface area contributed by atoms with Gasteiger partial charge in [0.05, 0.1) is 12.1 Å². The van der Waals surface area contributed by atoms with Crippen LogP contribution in [-0.4, -0.2) is 34.5 Å². The fourth-order valence-electron chi connectivity index (χ4n) is 3.40. The van der Waals surface area contributed by atoms with Gasteiger partial charge < -0.3 is 14.5 Å². The number of hydrogen-bond donors (Lipinski definition) is 1. The summed E-state index contributed by atoms with van der Waals surface area (Å²) in [5, 5.41) is 2.90. The van der Waals surface area contributed by atoms with Crippen LogP contribution in [-0.2, 0) is 4.74 Å². The van der Waals surface area contributed by atoms with E-state index in [0.717, 1.165) is 29.9 Å². The zero-order chi connectivity index (χ0) is 18.4. The number of fused-ring (bicyclic) bond motifs is 1. The number of ether oxygens (including phenoxy) is 1. The normalized spacial score (nSPS) is 16.6. The van der Waals surface area contributed by atoms with Crippen LogP contribution >= 0.6 is 0 Å². The van der Waals surface area contributed by atoms with Crippen LogP contribution in [0.25, 0.3) is 5.52 Å². The predicted molar refractivity (Wildman–Crippen MR) is 100 cm³/mol. The number of hydrogen-bond acceptors (Lipinski definition) is 4. The molecule has 2 fully saturated rings. The lowest BCUT2D eigenvalue weighted by Gasteiger charge is -2.13. The monoisotopic (exact) mass is 362 g/mol. The van der Waals surface area contributed by atoms with Gasteiger partial charge in [-0.25, -0.2) is 9.78 Å². The fourth-order valence-corrected chi connectivity index (χ4v) is 3.40.